The molecule has 2 aromatic heterocycles. The van der Waals surface area contributed by atoms with Gasteiger partial charge in [-0.1, -0.05) is 0 Å². The number of nitrogens with one attached hydrogen (secondary N) is 2. The van der Waals surface area contributed by atoms with Crippen molar-refractivity contribution in [3.8, 4) is 0 Å². The summed E-state index contributed by atoms with van der Waals surface area (Å²) in [6.45, 7) is -0.115. The summed E-state index contributed by atoms with van der Waals surface area (Å²) in [5, 5.41) is 21.4. The van der Waals surface area contributed by atoms with Gasteiger partial charge in [0.25, 0.3) is 5.56 Å². The van der Waals surface area contributed by atoms with Crippen LogP contribution in [-0.2, 0) is 16.3 Å². The number of nitrogens with two attached hydrogens (primary N) is 1. The molecule has 1 aliphatic carbocycles. The van der Waals surface area contributed by atoms with Crippen molar-refractivity contribution in [2.75, 3.05) is 18.9 Å². The van der Waals surface area contributed by atoms with Crippen LogP contribution in [0.15, 0.2) is 11.1 Å². The van der Waals surface area contributed by atoms with Crippen molar-refractivity contribution in [1.82, 2.24) is 24.8 Å². The summed E-state index contributed by atoms with van der Waals surface area (Å²) in [5.74, 6) is -0.939. The fourth-order valence-corrected chi connectivity index (χ4v) is 2.33. The first-order valence-electron chi connectivity index (χ1n) is 7.37. The molecule has 130 valence electrons. The summed E-state index contributed by atoms with van der Waals surface area (Å²) in [6, 6.07) is 0. The minimum Gasteiger partial charge on any atom is -0.480 e. The van der Waals surface area contributed by atoms with Crippen molar-refractivity contribution in [2.24, 2.45) is 0 Å². The average molecular weight is 338 g/mol. The number of aromatic amines is 1. The van der Waals surface area contributed by atoms with Gasteiger partial charge in [0, 0.05) is 6.54 Å². The molecule has 1 aliphatic rings. The first-order valence-corrected chi connectivity index (χ1v) is 7.37. The van der Waals surface area contributed by atoms with E-state index in [4.69, 9.17) is 15.6 Å². The van der Waals surface area contributed by atoms with Gasteiger partial charge in [-0.25, -0.2) is 4.98 Å². The number of aromatic nitrogens is 4. The fourth-order valence-electron chi connectivity index (χ4n) is 2.33. The van der Waals surface area contributed by atoms with E-state index in [0.29, 0.717) is 12.8 Å². The molecule has 2 heterocycles. The lowest BCUT2D eigenvalue weighted by Gasteiger charge is -2.19. The maximum atomic E-state index is 11.7. The van der Waals surface area contributed by atoms with Gasteiger partial charge in [-0.05, 0) is 12.8 Å². The van der Waals surface area contributed by atoms with Gasteiger partial charge in [0.2, 0.25) is 5.95 Å². The van der Waals surface area contributed by atoms with E-state index >= 15 is 0 Å². The number of carbonyl (C=O) groups is 1. The van der Waals surface area contributed by atoms with Crippen LogP contribution >= 0.6 is 0 Å². The van der Waals surface area contributed by atoms with E-state index in [0.717, 1.165) is 0 Å². The highest BCUT2D eigenvalue weighted by Gasteiger charge is 2.50. The first kappa shape index (κ1) is 16.4. The molecule has 1 saturated carbocycles. The van der Waals surface area contributed by atoms with Gasteiger partial charge in [-0.3, -0.25) is 24.5 Å². The van der Waals surface area contributed by atoms with Crippen LogP contribution in [-0.4, -0.2) is 60.5 Å². The highest BCUT2D eigenvalue weighted by molar-refractivity contribution is 5.82. The maximum Gasteiger partial charge on any atom is 0.323 e. The lowest BCUT2D eigenvalue weighted by atomic mass is 10.2. The molecule has 11 nitrogen and oxygen atoms in total. The number of carboxylic acids is 1. The second kappa shape index (κ2) is 6.19. The summed E-state index contributed by atoms with van der Waals surface area (Å²) in [7, 11) is 0. The second-order valence-corrected chi connectivity index (χ2v) is 5.71. The van der Waals surface area contributed by atoms with E-state index in [1.165, 1.54) is 10.9 Å². The van der Waals surface area contributed by atoms with Gasteiger partial charge >= 0.3 is 5.97 Å². The number of fused-ring (bicyclic) bond motifs is 1. The Morgan fingerprint density at radius 2 is 2.33 bits per heavy atom. The van der Waals surface area contributed by atoms with Crippen molar-refractivity contribution in [2.45, 2.75) is 31.2 Å². The molecule has 0 amide bonds. The van der Waals surface area contributed by atoms with E-state index in [2.05, 4.69) is 20.3 Å². The van der Waals surface area contributed by atoms with E-state index in [9.17, 15) is 14.7 Å². The van der Waals surface area contributed by atoms with Crippen LogP contribution < -0.4 is 16.6 Å². The quantitative estimate of drug-likeness (QED) is 0.374. The van der Waals surface area contributed by atoms with Crippen molar-refractivity contribution in [3.05, 3.63) is 16.7 Å². The highest BCUT2D eigenvalue weighted by Crippen LogP contribution is 2.35. The third kappa shape index (κ3) is 3.09. The minimum atomic E-state index is -0.904. The topological polar surface area (TPSA) is 168 Å². The number of anilines is 1. The largest absolute Gasteiger partial charge is 0.480 e. The van der Waals surface area contributed by atoms with Crippen LogP contribution in [0.1, 0.15) is 12.8 Å². The van der Waals surface area contributed by atoms with E-state index in [-0.39, 0.29) is 37.0 Å². The molecule has 3 rings (SSSR count). The Hall–Kier alpha value is -2.50. The summed E-state index contributed by atoms with van der Waals surface area (Å²) in [5.41, 5.74) is 4.56. The Bertz CT molecular complexity index is 811. The molecule has 0 spiro atoms. The summed E-state index contributed by atoms with van der Waals surface area (Å²) in [6.07, 6.45) is 1.88. The number of nitrogen functional groups attached to an aromatic ring is 1. The number of aliphatic hydroxyl groups is 1. The van der Waals surface area contributed by atoms with Crippen molar-refractivity contribution in [3.63, 3.8) is 0 Å². The molecule has 1 unspecified atom stereocenters. The number of carboxylic acid groups (broad SMARTS) is 1. The number of nitrogens with zero attached hydrogens (tertiary/aromatic N) is 3. The van der Waals surface area contributed by atoms with Crippen LogP contribution in [0.4, 0.5) is 5.95 Å². The second-order valence-electron chi connectivity index (χ2n) is 5.71. The summed E-state index contributed by atoms with van der Waals surface area (Å²) in [4.78, 5) is 33.1. The lowest BCUT2D eigenvalue weighted by Crippen LogP contribution is -2.44. The average Bonchev–Trinajstić information content (AvgIpc) is 3.23. The third-order valence-corrected chi connectivity index (χ3v) is 3.97. The normalized spacial score (nSPS) is 17.0. The van der Waals surface area contributed by atoms with E-state index in [1.807, 2.05) is 0 Å². The molecule has 11 heteroatoms. The number of imidazole rings is 1. The van der Waals surface area contributed by atoms with E-state index in [1.54, 1.807) is 0 Å². The minimum absolute atomic E-state index is 0.0145. The van der Waals surface area contributed by atoms with Gasteiger partial charge in [0.1, 0.15) is 12.3 Å². The molecule has 24 heavy (non-hydrogen) atoms. The number of rotatable bonds is 8. The molecule has 0 bridgehead atoms. The Morgan fingerprint density at radius 3 is 2.96 bits per heavy atom. The zero-order chi connectivity index (χ0) is 17.3. The van der Waals surface area contributed by atoms with Gasteiger partial charge < -0.3 is 20.7 Å². The molecule has 1 fully saturated rings. The fraction of sp³-hybridized carbons (Fsp3) is 0.538. The molecule has 6 N–H and O–H groups in total. The van der Waals surface area contributed by atoms with Crippen molar-refractivity contribution >= 4 is 23.1 Å². The molecule has 1 atom stereocenters. The zero-order valence-corrected chi connectivity index (χ0v) is 12.7. The standard InChI is InChI=1S/C13H18N6O5/c14-12-17-9-8(10(21)18-12)15-5-19(9)6-24-7(4-20)3-16-13(1-2-13)11(22)23/h5,7,16,20H,1-4,6H2,(H,22,23)(H3,14,17,18,21). The monoisotopic (exact) mass is 338 g/mol. The van der Waals surface area contributed by atoms with Crippen LogP contribution in [0.2, 0.25) is 0 Å². The highest BCUT2D eigenvalue weighted by atomic mass is 16.5. The van der Waals surface area contributed by atoms with Gasteiger partial charge in [-0.15, -0.1) is 0 Å². The molecule has 0 saturated heterocycles. The predicted molar refractivity (Wildman–Crippen MR) is 82.1 cm³/mol. The summed E-state index contributed by atoms with van der Waals surface area (Å²) < 4.78 is 7.03. The Morgan fingerprint density at radius 1 is 1.58 bits per heavy atom. The number of H-pyrrole nitrogens is 1. The van der Waals surface area contributed by atoms with Gasteiger partial charge in [0.05, 0.1) is 19.0 Å². The number of aliphatic carboxylic acids is 1. The van der Waals surface area contributed by atoms with E-state index < -0.39 is 23.2 Å². The Kier molecular flexibility index (Phi) is 4.22. The van der Waals surface area contributed by atoms with Gasteiger partial charge in [-0.2, -0.15) is 4.98 Å². The lowest BCUT2D eigenvalue weighted by molar-refractivity contribution is -0.141. The predicted octanol–water partition coefficient (Wildman–Crippen LogP) is -1.76. The SMILES string of the molecule is Nc1nc2c(ncn2COC(CO)CNC2(C(=O)O)CC2)c(=O)[nH]1. The molecule has 0 radical (unpaired) electrons. The molecule has 2 aromatic rings. The smallest absolute Gasteiger partial charge is 0.323 e. The molecule has 0 aromatic carbocycles. The third-order valence-electron chi connectivity index (χ3n) is 3.97. The zero-order valence-electron chi connectivity index (χ0n) is 12.7. The number of aliphatic hydroxyl groups excluding tert-OH is 1. The molecular weight excluding hydrogens is 320 g/mol. The van der Waals surface area contributed by atoms with Crippen LogP contribution in [0.3, 0.4) is 0 Å². The Balaban J connectivity index is 1.64. The number of hydrogen-bond acceptors (Lipinski definition) is 8. The van der Waals surface area contributed by atoms with Gasteiger partial charge in [0.15, 0.2) is 11.2 Å². The van der Waals surface area contributed by atoms with Crippen LogP contribution in [0.5, 0.6) is 0 Å². The Labute approximate surface area is 135 Å². The maximum absolute atomic E-state index is 11.7. The first-order chi connectivity index (χ1) is 11.4. The van der Waals surface area contributed by atoms with Crippen molar-refractivity contribution < 1.29 is 19.7 Å². The number of hydrogen-bond donors (Lipinski definition) is 5. The van der Waals surface area contributed by atoms with Crippen LogP contribution in [0.25, 0.3) is 11.2 Å². The molecule has 0 aliphatic heterocycles. The van der Waals surface area contributed by atoms with Crippen molar-refractivity contribution in [1.29, 1.82) is 0 Å². The summed E-state index contributed by atoms with van der Waals surface area (Å²) >= 11 is 0. The molecular formula is C13H18N6O5. The number of ether oxygens (including phenoxy) is 1. The van der Waals surface area contributed by atoms with Crippen LogP contribution in [0, 0.1) is 0 Å².